The maximum absolute atomic E-state index is 3.60. The number of nitrogens with one attached hydrogen (secondary N) is 2. The summed E-state index contributed by atoms with van der Waals surface area (Å²) < 4.78 is 0. The Kier molecular flexibility index (Phi) is 3.85. The molecule has 1 aromatic carbocycles. The van der Waals surface area contributed by atoms with Gasteiger partial charge in [0.1, 0.15) is 0 Å². The van der Waals surface area contributed by atoms with Crippen molar-refractivity contribution in [2.75, 3.05) is 13.6 Å². The van der Waals surface area contributed by atoms with Crippen molar-refractivity contribution in [1.29, 1.82) is 0 Å². The first kappa shape index (κ1) is 12.6. The summed E-state index contributed by atoms with van der Waals surface area (Å²) >= 11 is 0. The minimum atomic E-state index is 0.441. The van der Waals surface area contributed by atoms with Gasteiger partial charge in [-0.1, -0.05) is 12.1 Å². The zero-order valence-electron chi connectivity index (χ0n) is 11.4. The summed E-state index contributed by atoms with van der Waals surface area (Å²) in [6.45, 7) is 7.82. The molecule has 1 aliphatic rings. The molecule has 94 valence electrons. The van der Waals surface area contributed by atoms with E-state index in [1.165, 1.54) is 35.1 Å². The Hall–Kier alpha value is -0.860. The molecule has 2 heteroatoms. The van der Waals surface area contributed by atoms with Crippen molar-refractivity contribution in [1.82, 2.24) is 10.6 Å². The van der Waals surface area contributed by atoms with Crippen LogP contribution >= 0.6 is 0 Å². The summed E-state index contributed by atoms with van der Waals surface area (Å²) in [4.78, 5) is 0. The van der Waals surface area contributed by atoms with Crippen LogP contribution in [0.4, 0.5) is 0 Å². The van der Waals surface area contributed by atoms with Crippen LogP contribution in [-0.4, -0.2) is 19.6 Å². The van der Waals surface area contributed by atoms with Gasteiger partial charge < -0.3 is 10.6 Å². The summed E-state index contributed by atoms with van der Waals surface area (Å²) in [7, 11) is 2.07. The van der Waals surface area contributed by atoms with E-state index in [1.807, 2.05) is 0 Å². The fourth-order valence-corrected chi connectivity index (χ4v) is 2.88. The van der Waals surface area contributed by atoms with E-state index < -0.39 is 0 Å². The number of hydrogen-bond donors (Lipinski definition) is 2. The second-order valence-corrected chi connectivity index (χ2v) is 5.19. The van der Waals surface area contributed by atoms with Gasteiger partial charge in [0.2, 0.25) is 0 Å². The van der Waals surface area contributed by atoms with Crippen molar-refractivity contribution >= 4 is 0 Å². The van der Waals surface area contributed by atoms with Gasteiger partial charge in [0.05, 0.1) is 0 Å². The van der Waals surface area contributed by atoms with E-state index in [4.69, 9.17) is 0 Å². The first-order valence-electron chi connectivity index (χ1n) is 6.62. The molecule has 0 saturated carbocycles. The molecule has 17 heavy (non-hydrogen) atoms. The van der Waals surface area contributed by atoms with Crippen LogP contribution in [0.25, 0.3) is 0 Å². The standard InChI is InChI=1S/C15H24N2/c1-10-7-8-13(12(3)11(10)2)15(16-4)14-6-5-9-17-14/h7-8,14-17H,5-6,9H2,1-4H3. The third-order valence-corrected chi connectivity index (χ3v) is 4.25. The lowest BCUT2D eigenvalue weighted by Crippen LogP contribution is -2.36. The summed E-state index contributed by atoms with van der Waals surface area (Å²) in [6.07, 6.45) is 2.57. The van der Waals surface area contributed by atoms with Crippen LogP contribution in [-0.2, 0) is 0 Å². The van der Waals surface area contributed by atoms with Crippen LogP contribution in [0.3, 0.4) is 0 Å². The van der Waals surface area contributed by atoms with E-state index in [9.17, 15) is 0 Å². The number of rotatable bonds is 3. The number of benzene rings is 1. The Morgan fingerprint density at radius 1 is 1.24 bits per heavy atom. The maximum Gasteiger partial charge on any atom is 0.0476 e. The highest BCUT2D eigenvalue weighted by molar-refractivity contribution is 5.41. The second-order valence-electron chi connectivity index (χ2n) is 5.19. The minimum Gasteiger partial charge on any atom is -0.312 e. The van der Waals surface area contributed by atoms with Crippen molar-refractivity contribution in [3.8, 4) is 0 Å². The fraction of sp³-hybridized carbons (Fsp3) is 0.600. The van der Waals surface area contributed by atoms with Gasteiger partial charge in [0, 0.05) is 12.1 Å². The first-order chi connectivity index (χ1) is 8.15. The van der Waals surface area contributed by atoms with Gasteiger partial charge in [-0.15, -0.1) is 0 Å². The van der Waals surface area contributed by atoms with Crippen LogP contribution in [0.5, 0.6) is 0 Å². The SMILES string of the molecule is CNC(c1ccc(C)c(C)c1C)C1CCCN1. The highest BCUT2D eigenvalue weighted by Gasteiger charge is 2.26. The number of aryl methyl sites for hydroxylation is 1. The molecule has 0 radical (unpaired) electrons. The fourth-order valence-electron chi connectivity index (χ4n) is 2.88. The lowest BCUT2D eigenvalue weighted by molar-refractivity contribution is 0.439. The smallest absolute Gasteiger partial charge is 0.0476 e. The lowest BCUT2D eigenvalue weighted by Gasteiger charge is -2.26. The molecule has 2 rings (SSSR count). The van der Waals surface area contributed by atoms with E-state index in [0.717, 1.165) is 6.54 Å². The molecule has 1 heterocycles. The van der Waals surface area contributed by atoms with Crippen LogP contribution in [0.1, 0.15) is 41.1 Å². The zero-order valence-corrected chi connectivity index (χ0v) is 11.4. The van der Waals surface area contributed by atoms with Gasteiger partial charge >= 0.3 is 0 Å². The van der Waals surface area contributed by atoms with Gasteiger partial charge in [0.25, 0.3) is 0 Å². The molecular weight excluding hydrogens is 208 g/mol. The highest BCUT2D eigenvalue weighted by atomic mass is 15.0. The van der Waals surface area contributed by atoms with Crippen molar-refractivity contribution in [3.05, 3.63) is 34.4 Å². The lowest BCUT2D eigenvalue weighted by atomic mass is 9.90. The van der Waals surface area contributed by atoms with Crippen LogP contribution in [0.2, 0.25) is 0 Å². The molecule has 1 fully saturated rings. The maximum atomic E-state index is 3.60. The average molecular weight is 232 g/mol. The molecule has 1 aromatic rings. The summed E-state index contributed by atoms with van der Waals surface area (Å²) in [5, 5.41) is 7.09. The topological polar surface area (TPSA) is 24.1 Å². The Morgan fingerprint density at radius 3 is 2.59 bits per heavy atom. The molecule has 2 atom stereocenters. The number of hydrogen-bond acceptors (Lipinski definition) is 2. The summed E-state index contributed by atoms with van der Waals surface area (Å²) in [5.74, 6) is 0. The zero-order chi connectivity index (χ0) is 12.4. The molecule has 0 spiro atoms. The normalized spacial score (nSPS) is 21.8. The quantitative estimate of drug-likeness (QED) is 0.837. The monoisotopic (exact) mass is 232 g/mol. The van der Waals surface area contributed by atoms with Crippen molar-refractivity contribution < 1.29 is 0 Å². The molecule has 2 unspecified atom stereocenters. The van der Waals surface area contributed by atoms with Gasteiger partial charge in [-0.3, -0.25) is 0 Å². The molecular formula is C15H24N2. The minimum absolute atomic E-state index is 0.441. The largest absolute Gasteiger partial charge is 0.312 e. The molecule has 2 N–H and O–H groups in total. The second kappa shape index (κ2) is 5.19. The van der Waals surface area contributed by atoms with E-state index in [2.05, 4.69) is 50.6 Å². The van der Waals surface area contributed by atoms with E-state index in [-0.39, 0.29) is 0 Å². The Labute approximate surface area is 105 Å². The van der Waals surface area contributed by atoms with Crippen molar-refractivity contribution in [2.24, 2.45) is 0 Å². The molecule has 0 bridgehead atoms. The Balaban J connectivity index is 2.33. The third-order valence-electron chi connectivity index (χ3n) is 4.25. The van der Waals surface area contributed by atoms with Crippen LogP contribution in [0, 0.1) is 20.8 Å². The van der Waals surface area contributed by atoms with Gasteiger partial charge in [-0.05, 0) is 69.5 Å². The van der Waals surface area contributed by atoms with Crippen LogP contribution in [0.15, 0.2) is 12.1 Å². The van der Waals surface area contributed by atoms with Gasteiger partial charge in [-0.25, -0.2) is 0 Å². The van der Waals surface area contributed by atoms with Gasteiger partial charge in [-0.2, -0.15) is 0 Å². The Bertz CT molecular complexity index is 392. The predicted molar refractivity (Wildman–Crippen MR) is 73.5 cm³/mol. The summed E-state index contributed by atoms with van der Waals surface area (Å²) in [5.41, 5.74) is 5.72. The van der Waals surface area contributed by atoms with E-state index in [1.54, 1.807) is 0 Å². The molecule has 1 saturated heterocycles. The van der Waals surface area contributed by atoms with Crippen molar-refractivity contribution in [3.63, 3.8) is 0 Å². The average Bonchev–Trinajstić information content (AvgIpc) is 2.84. The Morgan fingerprint density at radius 2 is 2.00 bits per heavy atom. The predicted octanol–water partition coefficient (Wildman–Crippen LogP) is 2.62. The highest BCUT2D eigenvalue weighted by Crippen LogP contribution is 2.28. The van der Waals surface area contributed by atoms with E-state index in [0.29, 0.717) is 12.1 Å². The molecule has 1 aliphatic heterocycles. The van der Waals surface area contributed by atoms with Crippen molar-refractivity contribution in [2.45, 2.75) is 45.7 Å². The van der Waals surface area contributed by atoms with E-state index >= 15 is 0 Å². The molecule has 2 nitrogen and oxygen atoms in total. The number of likely N-dealkylation sites (N-methyl/N-ethyl adjacent to an activating group) is 1. The molecule has 0 aromatic heterocycles. The van der Waals surface area contributed by atoms with Crippen LogP contribution < -0.4 is 10.6 Å². The van der Waals surface area contributed by atoms with Gasteiger partial charge in [0.15, 0.2) is 0 Å². The summed E-state index contributed by atoms with van der Waals surface area (Å²) in [6, 6.07) is 5.56. The first-order valence-corrected chi connectivity index (χ1v) is 6.62. The molecule has 0 aliphatic carbocycles. The third kappa shape index (κ3) is 2.38. The molecule has 0 amide bonds.